The van der Waals surface area contributed by atoms with Gasteiger partial charge >= 0.3 is 0 Å². The molecule has 1 aliphatic carbocycles. The summed E-state index contributed by atoms with van der Waals surface area (Å²) in [6.45, 7) is 3.94. The zero-order valence-electron chi connectivity index (χ0n) is 13.4. The van der Waals surface area contributed by atoms with Crippen molar-refractivity contribution in [2.24, 2.45) is 0 Å². The number of nitrogens with zero attached hydrogens (tertiary/aromatic N) is 3. The summed E-state index contributed by atoms with van der Waals surface area (Å²) in [5.74, 6) is 2.09. The van der Waals surface area contributed by atoms with E-state index in [9.17, 15) is 0 Å². The van der Waals surface area contributed by atoms with Crippen LogP contribution in [-0.4, -0.2) is 41.3 Å². The van der Waals surface area contributed by atoms with Crippen molar-refractivity contribution in [3.63, 3.8) is 0 Å². The van der Waals surface area contributed by atoms with E-state index in [0.717, 1.165) is 31.3 Å². The SMILES string of the molecule is C1CCN(C2(c3nc(C4CCOC4)no3)CCCCC2)CC1. The molecule has 0 bridgehead atoms. The molecule has 3 aliphatic rings. The van der Waals surface area contributed by atoms with Crippen molar-refractivity contribution < 1.29 is 9.26 Å². The second-order valence-electron chi connectivity index (χ2n) is 7.16. The molecule has 0 amide bonds. The molecule has 0 radical (unpaired) electrons. The van der Waals surface area contributed by atoms with Crippen LogP contribution in [0.3, 0.4) is 0 Å². The molecule has 22 heavy (non-hydrogen) atoms. The van der Waals surface area contributed by atoms with Gasteiger partial charge in [0, 0.05) is 12.5 Å². The molecule has 5 heteroatoms. The second-order valence-corrected chi connectivity index (χ2v) is 7.16. The predicted octanol–water partition coefficient (Wildman–Crippen LogP) is 3.22. The van der Waals surface area contributed by atoms with E-state index in [1.165, 1.54) is 64.5 Å². The molecule has 5 nitrogen and oxygen atoms in total. The first kappa shape index (κ1) is 14.6. The fourth-order valence-electron chi connectivity index (χ4n) is 4.45. The van der Waals surface area contributed by atoms with Crippen LogP contribution in [0.15, 0.2) is 4.52 Å². The Morgan fingerprint density at radius 1 is 1.00 bits per heavy atom. The Hall–Kier alpha value is -0.940. The fraction of sp³-hybridized carbons (Fsp3) is 0.882. The summed E-state index contributed by atoms with van der Waals surface area (Å²) in [7, 11) is 0. The smallest absolute Gasteiger partial charge is 0.247 e. The lowest BCUT2D eigenvalue weighted by molar-refractivity contribution is 0.00479. The Morgan fingerprint density at radius 2 is 1.77 bits per heavy atom. The number of hydrogen-bond donors (Lipinski definition) is 0. The first-order valence-electron chi connectivity index (χ1n) is 9.05. The molecule has 1 saturated carbocycles. The van der Waals surface area contributed by atoms with Gasteiger partial charge in [0.15, 0.2) is 5.82 Å². The van der Waals surface area contributed by atoms with E-state index in [1.807, 2.05) is 0 Å². The van der Waals surface area contributed by atoms with Crippen LogP contribution in [0.25, 0.3) is 0 Å². The van der Waals surface area contributed by atoms with Crippen molar-refractivity contribution in [2.45, 2.75) is 69.2 Å². The van der Waals surface area contributed by atoms with Crippen LogP contribution >= 0.6 is 0 Å². The van der Waals surface area contributed by atoms with Gasteiger partial charge in [0.05, 0.1) is 6.61 Å². The molecule has 2 aliphatic heterocycles. The van der Waals surface area contributed by atoms with Crippen LogP contribution in [0.5, 0.6) is 0 Å². The summed E-state index contributed by atoms with van der Waals surface area (Å²) in [5.41, 5.74) is 0.0172. The Kier molecular flexibility index (Phi) is 4.18. The highest BCUT2D eigenvalue weighted by molar-refractivity contribution is 5.09. The van der Waals surface area contributed by atoms with Crippen molar-refractivity contribution in [3.8, 4) is 0 Å². The first-order valence-corrected chi connectivity index (χ1v) is 9.05. The van der Waals surface area contributed by atoms with Crippen LogP contribution < -0.4 is 0 Å². The minimum absolute atomic E-state index is 0.0172. The van der Waals surface area contributed by atoms with Crippen molar-refractivity contribution in [1.29, 1.82) is 0 Å². The standard InChI is InChI=1S/C17H27N3O2/c1-3-8-17(9-4-1,20-10-5-2-6-11-20)16-18-15(19-22-16)14-7-12-21-13-14/h14H,1-13H2. The van der Waals surface area contributed by atoms with E-state index in [2.05, 4.69) is 10.1 Å². The maximum absolute atomic E-state index is 5.81. The highest BCUT2D eigenvalue weighted by Crippen LogP contribution is 2.43. The fourth-order valence-corrected chi connectivity index (χ4v) is 4.45. The average molecular weight is 305 g/mol. The third kappa shape index (κ3) is 2.58. The molecule has 122 valence electrons. The summed E-state index contributed by atoms with van der Waals surface area (Å²) in [6.07, 6.45) is 11.2. The van der Waals surface area contributed by atoms with E-state index in [0.29, 0.717) is 5.92 Å². The molecule has 0 aromatic carbocycles. The largest absolute Gasteiger partial charge is 0.381 e. The highest BCUT2D eigenvalue weighted by atomic mass is 16.5. The zero-order chi connectivity index (χ0) is 14.8. The number of rotatable bonds is 3. The molecule has 1 aromatic heterocycles. The molecule has 1 atom stereocenters. The molecule has 0 N–H and O–H groups in total. The summed E-state index contributed by atoms with van der Waals surface area (Å²) in [4.78, 5) is 7.51. The average Bonchev–Trinajstić information content (AvgIpc) is 3.28. The summed E-state index contributed by atoms with van der Waals surface area (Å²) in [5, 5.41) is 4.32. The van der Waals surface area contributed by atoms with Gasteiger partial charge in [0.2, 0.25) is 5.89 Å². The number of aromatic nitrogens is 2. The van der Waals surface area contributed by atoms with E-state index < -0.39 is 0 Å². The van der Waals surface area contributed by atoms with Crippen LogP contribution in [0, 0.1) is 0 Å². The van der Waals surface area contributed by atoms with Gasteiger partial charge in [-0.2, -0.15) is 4.98 Å². The van der Waals surface area contributed by atoms with E-state index in [4.69, 9.17) is 14.2 Å². The van der Waals surface area contributed by atoms with Crippen LogP contribution in [-0.2, 0) is 10.3 Å². The predicted molar refractivity (Wildman–Crippen MR) is 82.7 cm³/mol. The Labute approximate surface area is 132 Å². The van der Waals surface area contributed by atoms with Gasteiger partial charge in [-0.3, -0.25) is 4.90 Å². The minimum Gasteiger partial charge on any atom is -0.381 e. The van der Waals surface area contributed by atoms with E-state index in [-0.39, 0.29) is 5.54 Å². The summed E-state index contributed by atoms with van der Waals surface area (Å²) >= 11 is 0. The van der Waals surface area contributed by atoms with E-state index >= 15 is 0 Å². The Balaban J connectivity index is 1.62. The highest BCUT2D eigenvalue weighted by Gasteiger charge is 2.45. The Morgan fingerprint density at radius 3 is 2.50 bits per heavy atom. The van der Waals surface area contributed by atoms with Gasteiger partial charge in [0.25, 0.3) is 0 Å². The lowest BCUT2D eigenvalue weighted by Gasteiger charge is -2.45. The molecule has 4 rings (SSSR count). The number of piperidine rings is 1. The molecular formula is C17H27N3O2. The lowest BCUT2D eigenvalue weighted by atomic mass is 9.79. The topological polar surface area (TPSA) is 51.4 Å². The monoisotopic (exact) mass is 305 g/mol. The van der Waals surface area contributed by atoms with Crippen molar-refractivity contribution >= 4 is 0 Å². The van der Waals surface area contributed by atoms with E-state index in [1.54, 1.807) is 0 Å². The van der Waals surface area contributed by atoms with Gasteiger partial charge in [-0.15, -0.1) is 0 Å². The third-order valence-corrected chi connectivity index (χ3v) is 5.78. The molecule has 2 saturated heterocycles. The first-order chi connectivity index (χ1) is 10.9. The Bertz CT molecular complexity index is 484. The second kappa shape index (κ2) is 6.28. The lowest BCUT2D eigenvalue weighted by Crippen LogP contribution is -2.50. The molecule has 0 spiro atoms. The normalized spacial score (nSPS) is 29.7. The van der Waals surface area contributed by atoms with Gasteiger partial charge in [0.1, 0.15) is 5.54 Å². The number of ether oxygens (including phenoxy) is 1. The van der Waals surface area contributed by atoms with Crippen molar-refractivity contribution in [3.05, 3.63) is 11.7 Å². The molecule has 1 unspecified atom stereocenters. The van der Waals surface area contributed by atoms with Crippen LogP contribution in [0.4, 0.5) is 0 Å². The number of likely N-dealkylation sites (tertiary alicyclic amines) is 1. The third-order valence-electron chi connectivity index (χ3n) is 5.78. The molecule has 3 heterocycles. The molecule has 3 fully saturated rings. The minimum atomic E-state index is 0.0172. The maximum Gasteiger partial charge on any atom is 0.247 e. The quantitative estimate of drug-likeness (QED) is 0.858. The van der Waals surface area contributed by atoms with Crippen LogP contribution in [0.1, 0.15) is 75.4 Å². The molecule has 1 aromatic rings. The summed E-state index contributed by atoms with van der Waals surface area (Å²) in [6, 6.07) is 0. The van der Waals surface area contributed by atoms with Gasteiger partial charge < -0.3 is 9.26 Å². The van der Waals surface area contributed by atoms with Gasteiger partial charge in [-0.25, -0.2) is 0 Å². The van der Waals surface area contributed by atoms with Crippen LogP contribution in [0.2, 0.25) is 0 Å². The van der Waals surface area contributed by atoms with Gasteiger partial charge in [-0.1, -0.05) is 30.8 Å². The van der Waals surface area contributed by atoms with Crippen molar-refractivity contribution in [1.82, 2.24) is 15.0 Å². The van der Waals surface area contributed by atoms with Crippen molar-refractivity contribution in [2.75, 3.05) is 26.3 Å². The number of hydrogen-bond acceptors (Lipinski definition) is 5. The summed E-state index contributed by atoms with van der Waals surface area (Å²) < 4.78 is 11.3. The maximum atomic E-state index is 5.81. The molecular weight excluding hydrogens is 278 g/mol. The van der Waals surface area contributed by atoms with Gasteiger partial charge in [-0.05, 0) is 45.2 Å². The zero-order valence-corrected chi connectivity index (χ0v) is 13.4.